The van der Waals surface area contributed by atoms with E-state index in [1.165, 1.54) is 10.9 Å². The van der Waals surface area contributed by atoms with Gasteiger partial charge < -0.3 is 0 Å². The molecule has 0 aliphatic rings. The molecule has 0 unspecified atom stereocenters. The summed E-state index contributed by atoms with van der Waals surface area (Å²) in [5.74, 6) is 0.519. The monoisotopic (exact) mass is 250 g/mol. The van der Waals surface area contributed by atoms with E-state index in [1.807, 2.05) is 29.5 Å². The zero-order chi connectivity index (χ0) is 12.3. The van der Waals surface area contributed by atoms with Gasteiger partial charge in [-0.2, -0.15) is 0 Å². The van der Waals surface area contributed by atoms with Crippen molar-refractivity contribution in [3.05, 3.63) is 50.8 Å². The molecule has 17 heavy (non-hydrogen) atoms. The zero-order valence-corrected chi connectivity index (χ0v) is 10.1. The van der Waals surface area contributed by atoms with Crippen LogP contribution in [0.5, 0.6) is 0 Å². The van der Waals surface area contributed by atoms with Gasteiger partial charge in [-0.3, -0.25) is 15.0 Å². The fourth-order valence-corrected chi connectivity index (χ4v) is 2.34. The molecular formula is C11H12N3O2S+. The lowest BCUT2D eigenvalue weighted by Crippen LogP contribution is -2.25. The highest BCUT2D eigenvalue weighted by molar-refractivity contribution is 7.09. The zero-order valence-electron chi connectivity index (χ0n) is 9.29. The summed E-state index contributed by atoms with van der Waals surface area (Å²) >= 11 is 1.63. The second-order valence-electron chi connectivity index (χ2n) is 3.60. The van der Waals surface area contributed by atoms with Gasteiger partial charge in [-0.15, -0.1) is 11.3 Å². The van der Waals surface area contributed by atoms with Crippen LogP contribution >= 0.6 is 11.3 Å². The first kappa shape index (κ1) is 11.5. The average molecular weight is 250 g/mol. The molecule has 0 amide bonds. The van der Waals surface area contributed by atoms with Crippen LogP contribution in [0.25, 0.3) is 0 Å². The van der Waals surface area contributed by atoms with E-state index in [2.05, 4.69) is 4.98 Å². The minimum atomic E-state index is -0.378. The van der Waals surface area contributed by atoms with Gasteiger partial charge in [-0.1, -0.05) is 6.07 Å². The molecule has 5 nitrogen and oxygen atoms in total. The van der Waals surface area contributed by atoms with Crippen LogP contribution in [0.3, 0.4) is 0 Å². The third kappa shape index (κ3) is 2.59. The number of aromatic amines is 1. The van der Waals surface area contributed by atoms with Crippen molar-refractivity contribution in [1.29, 1.82) is 0 Å². The predicted octanol–water partition coefficient (Wildman–Crippen LogP) is 2.11. The van der Waals surface area contributed by atoms with E-state index in [-0.39, 0.29) is 10.6 Å². The van der Waals surface area contributed by atoms with Crippen molar-refractivity contribution in [2.24, 2.45) is 0 Å². The van der Waals surface area contributed by atoms with Gasteiger partial charge in [0.05, 0.1) is 18.2 Å². The van der Waals surface area contributed by atoms with E-state index in [0.717, 1.165) is 0 Å². The Morgan fingerprint density at radius 1 is 1.47 bits per heavy atom. The van der Waals surface area contributed by atoms with Crippen molar-refractivity contribution in [1.82, 2.24) is 0 Å². The van der Waals surface area contributed by atoms with Crippen LogP contribution in [0.2, 0.25) is 0 Å². The van der Waals surface area contributed by atoms with Crippen molar-refractivity contribution in [2.45, 2.75) is 6.54 Å². The fourth-order valence-electron chi connectivity index (χ4n) is 1.59. The SMILES string of the molecule is CN(Cc1cccs1)c1[nH+]cccc1[N+](=O)[O-]. The maximum absolute atomic E-state index is 10.9. The molecule has 2 heterocycles. The van der Waals surface area contributed by atoms with Crippen LogP contribution in [-0.4, -0.2) is 12.0 Å². The van der Waals surface area contributed by atoms with E-state index in [4.69, 9.17) is 0 Å². The molecule has 6 heteroatoms. The van der Waals surface area contributed by atoms with Crippen molar-refractivity contribution in [3.63, 3.8) is 0 Å². The summed E-state index contributed by atoms with van der Waals surface area (Å²) in [5.41, 5.74) is 0.0894. The number of pyridine rings is 1. The number of nitro groups is 1. The van der Waals surface area contributed by atoms with Crippen molar-refractivity contribution < 1.29 is 9.91 Å². The smallest absolute Gasteiger partial charge is 0.258 e. The van der Waals surface area contributed by atoms with E-state index in [9.17, 15) is 10.1 Å². The van der Waals surface area contributed by atoms with Crippen LogP contribution in [0.4, 0.5) is 11.5 Å². The Hall–Kier alpha value is -1.95. The van der Waals surface area contributed by atoms with Gasteiger partial charge in [0.25, 0.3) is 0 Å². The summed E-state index contributed by atoms with van der Waals surface area (Å²) in [6.07, 6.45) is 1.69. The first-order valence-electron chi connectivity index (χ1n) is 5.07. The predicted molar refractivity (Wildman–Crippen MR) is 66.1 cm³/mol. The Morgan fingerprint density at radius 2 is 2.29 bits per heavy atom. The maximum atomic E-state index is 10.9. The number of rotatable bonds is 4. The summed E-state index contributed by atoms with van der Waals surface area (Å²) in [6.45, 7) is 0.652. The van der Waals surface area contributed by atoms with Crippen molar-refractivity contribution >= 4 is 22.8 Å². The molecule has 0 spiro atoms. The summed E-state index contributed by atoms with van der Waals surface area (Å²) in [7, 11) is 1.83. The highest BCUT2D eigenvalue weighted by atomic mass is 32.1. The van der Waals surface area contributed by atoms with Crippen molar-refractivity contribution in [3.8, 4) is 0 Å². The van der Waals surface area contributed by atoms with Crippen LogP contribution in [0.15, 0.2) is 35.8 Å². The first-order chi connectivity index (χ1) is 8.18. The topological polar surface area (TPSA) is 60.5 Å². The third-order valence-electron chi connectivity index (χ3n) is 2.36. The summed E-state index contributed by atoms with van der Waals surface area (Å²) < 4.78 is 0. The lowest BCUT2D eigenvalue weighted by atomic mass is 10.3. The molecule has 0 saturated carbocycles. The minimum Gasteiger partial charge on any atom is -0.258 e. The molecule has 1 N–H and O–H groups in total. The lowest BCUT2D eigenvalue weighted by molar-refractivity contribution is -0.411. The molecule has 0 atom stereocenters. The number of anilines is 1. The summed E-state index contributed by atoms with van der Waals surface area (Å²) in [5, 5.41) is 12.9. The van der Waals surface area contributed by atoms with Gasteiger partial charge >= 0.3 is 11.5 Å². The molecule has 2 aromatic rings. The largest absolute Gasteiger partial charge is 0.357 e. The van der Waals surface area contributed by atoms with Gasteiger partial charge in [0.2, 0.25) is 0 Å². The van der Waals surface area contributed by atoms with E-state index in [1.54, 1.807) is 23.6 Å². The Bertz CT molecular complexity index is 513. The molecule has 0 aromatic carbocycles. The van der Waals surface area contributed by atoms with Gasteiger partial charge in [-0.05, 0) is 17.5 Å². The van der Waals surface area contributed by atoms with Crippen molar-refractivity contribution in [2.75, 3.05) is 11.9 Å². The van der Waals surface area contributed by atoms with Gasteiger partial charge in [0.1, 0.15) is 6.54 Å². The molecule has 2 rings (SSSR count). The van der Waals surface area contributed by atoms with E-state index in [0.29, 0.717) is 12.4 Å². The molecular weight excluding hydrogens is 238 g/mol. The number of H-pyrrole nitrogens is 1. The maximum Gasteiger partial charge on any atom is 0.357 e. The molecule has 88 valence electrons. The Kier molecular flexibility index (Phi) is 3.34. The molecule has 0 saturated heterocycles. The van der Waals surface area contributed by atoms with Gasteiger partial charge in [-0.25, -0.2) is 4.98 Å². The summed E-state index contributed by atoms with van der Waals surface area (Å²) in [4.78, 5) is 16.4. The second kappa shape index (κ2) is 4.92. The van der Waals surface area contributed by atoms with E-state index >= 15 is 0 Å². The van der Waals surface area contributed by atoms with Crippen LogP contribution in [-0.2, 0) is 6.54 Å². The van der Waals surface area contributed by atoms with Gasteiger partial charge in [0, 0.05) is 10.9 Å². The van der Waals surface area contributed by atoms with E-state index < -0.39 is 0 Å². The number of aromatic nitrogens is 1. The highest BCUT2D eigenvalue weighted by Gasteiger charge is 2.24. The van der Waals surface area contributed by atoms with Crippen LogP contribution < -0.4 is 9.88 Å². The first-order valence-corrected chi connectivity index (χ1v) is 5.95. The highest BCUT2D eigenvalue weighted by Crippen LogP contribution is 2.23. The number of nitrogens with zero attached hydrogens (tertiary/aromatic N) is 2. The van der Waals surface area contributed by atoms with Crippen LogP contribution in [0.1, 0.15) is 4.88 Å². The normalized spacial score (nSPS) is 10.2. The summed E-state index contributed by atoms with van der Waals surface area (Å²) in [6, 6.07) is 7.10. The number of hydrogen-bond donors (Lipinski definition) is 0. The third-order valence-corrected chi connectivity index (χ3v) is 3.23. The molecule has 0 bridgehead atoms. The lowest BCUT2D eigenvalue weighted by Gasteiger charge is -2.09. The quantitative estimate of drug-likeness (QED) is 0.616. The Balaban J connectivity index is 2.24. The number of thiophene rings is 1. The van der Waals surface area contributed by atoms with Crippen LogP contribution in [0, 0.1) is 10.1 Å². The Labute approximate surface area is 102 Å². The molecule has 0 aliphatic heterocycles. The molecule has 0 aliphatic carbocycles. The molecule has 0 fully saturated rings. The fraction of sp³-hybridized carbons (Fsp3) is 0.182. The molecule has 2 aromatic heterocycles. The van der Waals surface area contributed by atoms with Gasteiger partial charge in [0.15, 0.2) is 0 Å². The number of nitrogens with one attached hydrogen (secondary N) is 1. The second-order valence-corrected chi connectivity index (χ2v) is 4.63. The minimum absolute atomic E-state index is 0.0894. The average Bonchev–Trinajstić information content (AvgIpc) is 2.81. The molecule has 0 radical (unpaired) electrons. The Morgan fingerprint density at radius 3 is 2.94 bits per heavy atom. The number of hydrogen-bond acceptors (Lipinski definition) is 4. The standard InChI is InChI=1S/C11H11N3O2S/c1-13(8-9-4-3-7-17-9)11-10(14(15)16)5-2-6-12-11/h2-7H,8H2,1H3/p+1.